The van der Waals surface area contributed by atoms with Crippen molar-refractivity contribution in [2.45, 2.75) is 101 Å². The number of amides is 5. The topological polar surface area (TPSA) is 472 Å². The van der Waals surface area contributed by atoms with E-state index in [-0.39, 0.29) is 114 Å². The zero-order chi connectivity index (χ0) is 44.0. The third-order valence-electron chi connectivity index (χ3n) is 7.98. The number of nitrogens with one attached hydrogen (secondary N) is 15. The monoisotopic (exact) mass is 824 g/mol. The highest BCUT2D eigenvalue weighted by atomic mass is 16.2. The van der Waals surface area contributed by atoms with E-state index in [1.54, 1.807) is 6.29 Å². The van der Waals surface area contributed by atoms with Gasteiger partial charge in [-0.05, 0) is 64.2 Å². The Morgan fingerprint density at radius 2 is 0.672 bits per heavy atom. The molecule has 26 nitrogen and oxygen atoms in total. The molecule has 327 valence electrons. The Labute approximate surface area is 337 Å². The summed E-state index contributed by atoms with van der Waals surface area (Å²) in [6.07, 6.45) is 3.28. The second-order valence-electron chi connectivity index (χ2n) is 13.0. The molecule has 58 heavy (non-hydrogen) atoms. The van der Waals surface area contributed by atoms with Gasteiger partial charge >= 0.3 is 0 Å². The highest BCUT2D eigenvalue weighted by Crippen LogP contribution is 2.07. The van der Waals surface area contributed by atoms with Crippen LogP contribution < -0.4 is 81.8 Å². The minimum Gasteiger partial charge on any atom is -0.370 e. The van der Waals surface area contributed by atoms with E-state index in [9.17, 15) is 28.8 Å². The average molecular weight is 824 g/mol. The van der Waals surface area contributed by atoms with Crippen LogP contribution in [0, 0.1) is 27.0 Å². The van der Waals surface area contributed by atoms with Gasteiger partial charge in [0.25, 0.3) is 0 Å². The van der Waals surface area contributed by atoms with E-state index in [4.69, 9.17) is 55.7 Å². The van der Waals surface area contributed by atoms with Gasteiger partial charge in [-0.3, -0.25) is 55.8 Å². The maximum Gasteiger partial charge on any atom is 0.243 e. The van der Waals surface area contributed by atoms with Crippen LogP contribution in [0.15, 0.2) is 0 Å². The van der Waals surface area contributed by atoms with E-state index in [2.05, 4.69) is 53.2 Å². The predicted molar refractivity (Wildman–Crippen MR) is 217 cm³/mol. The minimum absolute atomic E-state index is 0.00350. The number of rotatable bonds is 30. The number of hydrogen-bond donors (Lipinski definition) is 20. The van der Waals surface area contributed by atoms with E-state index in [1.165, 1.54) is 6.92 Å². The molecular formula is C32H63N20O6. The molecule has 0 aliphatic rings. The van der Waals surface area contributed by atoms with Crippen molar-refractivity contribution >= 4 is 65.6 Å². The van der Waals surface area contributed by atoms with E-state index < -0.39 is 59.7 Å². The Kier molecular flexibility index (Phi) is 26.2. The Balaban J connectivity index is 6.38. The summed E-state index contributed by atoms with van der Waals surface area (Å²) in [5.41, 5.74) is 26.7. The molecule has 0 aromatic heterocycles. The Morgan fingerprint density at radius 3 is 0.914 bits per heavy atom. The number of hydrogen-bond acceptors (Lipinski definition) is 11. The fraction of sp³-hybridized carbons (Fsp3) is 0.656. The summed E-state index contributed by atoms with van der Waals surface area (Å²) in [4.78, 5) is 78.4. The van der Waals surface area contributed by atoms with Gasteiger partial charge in [-0.2, -0.15) is 0 Å². The molecule has 5 atom stereocenters. The predicted octanol–water partition coefficient (Wildman–Crippen LogP) is -6.14. The zero-order valence-corrected chi connectivity index (χ0v) is 32.8. The van der Waals surface area contributed by atoms with E-state index in [1.807, 2.05) is 0 Å². The van der Waals surface area contributed by atoms with Crippen molar-refractivity contribution in [2.75, 3.05) is 32.7 Å². The van der Waals surface area contributed by atoms with E-state index in [0.29, 0.717) is 12.8 Å². The van der Waals surface area contributed by atoms with Crippen LogP contribution in [0.3, 0.4) is 0 Å². The lowest BCUT2D eigenvalue weighted by Gasteiger charge is -2.27. The molecule has 0 rings (SSSR count). The summed E-state index contributed by atoms with van der Waals surface area (Å²) in [7, 11) is 0. The van der Waals surface area contributed by atoms with Crippen LogP contribution in [-0.2, 0) is 28.8 Å². The summed E-state index contributed by atoms with van der Waals surface area (Å²) >= 11 is 0. The van der Waals surface area contributed by atoms with Crippen LogP contribution in [0.4, 0.5) is 0 Å². The standard InChI is InChI=1S/C32H63N20O6/c1-18(54)48-20(8-3-13-44-29(35)36)25(56)51-22(10-5-15-46-31(39)40)27(58)52-23(11-6-16-47-32(41)42)26(57)50-21(9-4-14-45-30(37)38)24(55)49-19(17-53)7-2-12-43-28(33)34/h19-23H,2-16H2,1H3,(H,48,54)(H,49,55)(H,50,57)(H,51,56)(H,52,58)(H4,33,34,43)(H4,35,36,44)(H4,37,38,45)(H4,39,40,46)(H4,41,42,47)/t19-,20-,21-,22-,23-/m1/s1. The quantitative estimate of drug-likeness (QED) is 0.0182. The average Bonchev–Trinajstić information content (AvgIpc) is 3.13. The molecule has 25 N–H and O–H groups in total. The molecule has 0 aliphatic heterocycles. The van der Waals surface area contributed by atoms with E-state index in [0.717, 1.165) is 0 Å². The van der Waals surface area contributed by atoms with Crippen molar-refractivity contribution in [3.05, 3.63) is 0 Å². The van der Waals surface area contributed by atoms with E-state index >= 15 is 0 Å². The van der Waals surface area contributed by atoms with Crippen molar-refractivity contribution in [3.63, 3.8) is 0 Å². The van der Waals surface area contributed by atoms with Crippen LogP contribution in [0.1, 0.15) is 71.1 Å². The third-order valence-corrected chi connectivity index (χ3v) is 7.98. The Morgan fingerprint density at radius 1 is 0.431 bits per heavy atom. The van der Waals surface area contributed by atoms with Crippen LogP contribution in [0.5, 0.6) is 0 Å². The highest BCUT2D eigenvalue weighted by Gasteiger charge is 2.31. The van der Waals surface area contributed by atoms with Crippen LogP contribution in [0.25, 0.3) is 0 Å². The SMILES string of the molecule is CC(=O)N[C@H](CCCNC(=N)N)C(=O)N[C@H](CCCNC(=N)N)C(=O)N[C@H](CCCNC(=N)N)C(=O)N[C@H](CCCNC(=N)N)C(=O)N[C@@H]([C]=O)CCCNC(=N)N. The number of guanidine groups is 5. The molecule has 0 saturated carbocycles. The second-order valence-corrected chi connectivity index (χ2v) is 13.0. The van der Waals surface area contributed by atoms with Gasteiger partial charge in [-0.15, -0.1) is 0 Å². The smallest absolute Gasteiger partial charge is 0.243 e. The maximum absolute atomic E-state index is 13.9. The van der Waals surface area contributed by atoms with Gasteiger partial charge < -0.3 is 81.8 Å². The van der Waals surface area contributed by atoms with Crippen molar-refractivity contribution in [3.8, 4) is 0 Å². The number of carbonyl (C=O) groups is 5. The van der Waals surface area contributed by atoms with Crippen LogP contribution >= 0.6 is 0 Å². The van der Waals surface area contributed by atoms with Crippen LogP contribution in [-0.4, -0.2) is 129 Å². The van der Waals surface area contributed by atoms with Gasteiger partial charge in [-0.1, -0.05) is 0 Å². The van der Waals surface area contributed by atoms with Gasteiger partial charge in [0, 0.05) is 39.6 Å². The largest absolute Gasteiger partial charge is 0.370 e. The molecule has 5 amide bonds. The lowest BCUT2D eigenvalue weighted by molar-refractivity contribution is -0.134. The van der Waals surface area contributed by atoms with Gasteiger partial charge in [0.05, 0.1) is 6.04 Å². The first-order valence-corrected chi connectivity index (χ1v) is 18.6. The minimum atomic E-state index is -1.31. The zero-order valence-electron chi connectivity index (χ0n) is 32.8. The fourth-order valence-electron chi connectivity index (χ4n) is 5.22. The molecule has 0 bridgehead atoms. The normalized spacial score (nSPS) is 13.0. The van der Waals surface area contributed by atoms with Gasteiger partial charge in [0.15, 0.2) is 29.8 Å². The summed E-state index contributed by atoms with van der Waals surface area (Å²) in [6.45, 7) is 2.16. The van der Waals surface area contributed by atoms with Gasteiger partial charge in [-0.25, -0.2) is 0 Å². The fourth-order valence-corrected chi connectivity index (χ4v) is 5.22. The Hall–Kier alpha value is -6.63. The summed E-state index contributed by atoms with van der Waals surface area (Å²) < 4.78 is 0. The maximum atomic E-state index is 13.9. The summed E-state index contributed by atoms with van der Waals surface area (Å²) in [5.74, 6) is -5.05. The molecule has 0 fully saturated rings. The van der Waals surface area contributed by atoms with Crippen LogP contribution in [0.2, 0.25) is 0 Å². The lowest BCUT2D eigenvalue weighted by atomic mass is 10.0. The molecule has 0 unspecified atom stereocenters. The highest BCUT2D eigenvalue weighted by molar-refractivity contribution is 5.95. The number of nitrogens with two attached hydrogens (primary N) is 5. The van der Waals surface area contributed by atoms with Crippen molar-refractivity contribution in [1.82, 2.24) is 53.2 Å². The van der Waals surface area contributed by atoms with Crippen molar-refractivity contribution < 1.29 is 28.8 Å². The first-order valence-electron chi connectivity index (χ1n) is 18.6. The second kappa shape index (κ2) is 29.6. The van der Waals surface area contributed by atoms with Crippen molar-refractivity contribution in [2.24, 2.45) is 28.7 Å². The third kappa shape index (κ3) is 26.2. The molecule has 0 spiro atoms. The molecule has 0 heterocycles. The molecule has 1 radical (unpaired) electrons. The molecule has 0 saturated heterocycles. The molecule has 0 aromatic carbocycles. The molecular weight excluding hydrogens is 760 g/mol. The molecule has 0 aromatic rings. The van der Waals surface area contributed by atoms with Gasteiger partial charge in [0.1, 0.15) is 24.2 Å². The van der Waals surface area contributed by atoms with Crippen molar-refractivity contribution in [1.29, 1.82) is 27.0 Å². The number of carbonyl (C=O) groups excluding carboxylic acids is 6. The summed E-state index contributed by atoms with van der Waals surface area (Å²) in [5, 5.41) is 62.8. The first kappa shape index (κ1) is 51.4. The molecule has 0 aliphatic carbocycles. The lowest BCUT2D eigenvalue weighted by Crippen LogP contribution is -2.58. The summed E-state index contributed by atoms with van der Waals surface area (Å²) in [6, 6.07) is -5.97. The Bertz CT molecular complexity index is 1410. The van der Waals surface area contributed by atoms with Gasteiger partial charge in [0.2, 0.25) is 35.8 Å². The molecule has 26 heteroatoms. The first-order chi connectivity index (χ1) is 27.4.